The molecule has 2 aromatic heterocycles. The molecule has 0 unspecified atom stereocenters. The van der Waals surface area contributed by atoms with Gasteiger partial charge in [-0.05, 0) is 24.6 Å². The van der Waals surface area contributed by atoms with Gasteiger partial charge in [-0.25, -0.2) is 9.98 Å². The molecule has 2 aromatic carbocycles. The topological polar surface area (TPSA) is 78.2 Å². The van der Waals surface area contributed by atoms with E-state index in [1.54, 1.807) is 30.7 Å². The zero-order chi connectivity index (χ0) is 20.9. The molecule has 9 heteroatoms. The summed E-state index contributed by atoms with van der Waals surface area (Å²) in [5, 5.41) is 13.4. The average Bonchev–Trinajstić information content (AvgIpc) is 3.39. The van der Waals surface area contributed by atoms with Crippen LogP contribution in [0, 0.1) is 10.1 Å². The number of benzene rings is 2. The Kier molecular flexibility index (Phi) is 6.20. The van der Waals surface area contributed by atoms with Crippen molar-refractivity contribution in [1.29, 1.82) is 0 Å². The van der Waals surface area contributed by atoms with Crippen molar-refractivity contribution in [3.63, 3.8) is 0 Å². The van der Waals surface area contributed by atoms with Crippen LogP contribution in [0.3, 0.4) is 0 Å². The highest BCUT2D eigenvalue weighted by Crippen LogP contribution is 2.27. The highest BCUT2D eigenvalue weighted by atomic mass is 79.9. The molecule has 0 amide bonds. The number of hydrogen-bond donors (Lipinski definition) is 0. The molecular formula is C21H18BrN5O2S. The quantitative estimate of drug-likeness (QED) is 0.260. The summed E-state index contributed by atoms with van der Waals surface area (Å²) in [4.78, 5) is 20.5. The molecule has 7 nitrogen and oxygen atoms in total. The van der Waals surface area contributed by atoms with Crippen molar-refractivity contribution >= 4 is 38.6 Å². The van der Waals surface area contributed by atoms with Crippen molar-refractivity contribution in [1.82, 2.24) is 14.1 Å². The molecule has 0 saturated carbocycles. The molecule has 0 radical (unpaired) electrons. The molecule has 2 heterocycles. The number of nitro groups is 1. The van der Waals surface area contributed by atoms with Gasteiger partial charge in [0.05, 0.1) is 16.9 Å². The molecule has 4 aromatic rings. The van der Waals surface area contributed by atoms with Crippen LogP contribution in [-0.4, -0.2) is 19.0 Å². The molecule has 0 N–H and O–H groups in total. The lowest BCUT2D eigenvalue weighted by atomic mass is 10.2. The summed E-state index contributed by atoms with van der Waals surface area (Å²) in [5.41, 5.74) is 2.45. The molecule has 0 atom stereocenters. The highest BCUT2D eigenvalue weighted by Gasteiger charge is 2.13. The Balaban J connectivity index is 1.75. The van der Waals surface area contributed by atoms with Crippen molar-refractivity contribution in [2.75, 3.05) is 0 Å². The van der Waals surface area contributed by atoms with Crippen LogP contribution in [0.2, 0.25) is 0 Å². The number of nitro benzene ring substituents is 1. The fourth-order valence-electron chi connectivity index (χ4n) is 3.16. The first-order valence-electron chi connectivity index (χ1n) is 9.30. The molecule has 0 fully saturated rings. The van der Waals surface area contributed by atoms with Crippen molar-refractivity contribution in [3.05, 3.63) is 92.0 Å². The predicted octanol–water partition coefficient (Wildman–Crippen LogP) is 5.41. The number of thiazole rings is 1. The minimum Gasteiger partial charge on any atom is -0.337 e. The third-order valence-electron chi connectivity index (χ3n) is 4.57. The van der Waals surface area contributed by atoms with E-state index < -0.39 is 4.92 Å². The van der Waals surface area contributed by atoms with Crippen LogP contribution < -0.4 is 4.80 Å². The second kappa shape index (κ2) is 9.19. The van der Waals surface area contributed by atoms with Crippen molar-refractivity contribution in [2.24, 2.45) is 4.99 Å². The van der Waals surface area contributed by atoms with Gasteiger partial charge in [-0.1, -0.05) is 40.2 Å². The number of nitrogens with zero attached hydrogens (tertiary/aromatic N) is 5. The molecule has 152 valence electrons. The van der Waals surface area contributed by atoms with Gasteiger partial charge in [0.2, 0.25) is 0 Å². The number of para-hydroxylation sites is 2. The minimum absolute atomic E-state index is 0.000119. The van der Waals surface area contributed by atoms with Crippen LogP contribution in [0.25, 0.3) is 11.3 Å². The minimum atomic E-state index is -0.398. The van der Waals surface area contributed by atoms with Crippen LogP contribution in [0.15, 0.2) is 82.1 Å². The normalized spacial score (nSPS) is 11.7. The lowest BCUT2D eigenvalue weighted by Crippen LogP contribution is -2.17. The Hall–Kier alpha value is -3.04. The second-order valence-electron chi connectivity index (χ2n) is 6.58. The van der Waals surface area contributed by atoms with E-state index >= 15 is 0 Å². The van der Waals surface area contributed by atoms with Crippen molar-refractivity contribution in [2.45, 2.75) is 19.5 Å². The number of halogens is 1. The van der Waals surface area contributed by atoms with E-state index in [0.717, 1.165) is 40.0 Å². The van der Waals surface area contributed by atoms with E-state index in [2.05, 4.69) is 36.5 Å². The first kappa shape index (κ1) is 20.2. The maximum atomic E-state index is 11.4. The van der Waals surface area contributed by atoms with E-state index in [-0.39, 0.29) is 5.69 Å². The van der Waals surface area contributed by atoms with Gasteiger partial charge in [0, 0.05) is 47.0 Å². The van der Waals surface area contributed by atoms with Gasteiger partial charge in [-0.15, -0.1) is 11.3 Å². The van der Waals surface area contributed by atoms with Gasteiger partial charge in [-0.3, -0.25) is 10.1 Å². The van der Waals surface area contributed by atoms with Crippen LogP contribution in [-0.2, 0) is 13.1 Å². The Morgan fingerprint density at radius 2 is 2.03 bits per heavy atom. The van der Waals surface area contributed by atoms with Gasteiger partial charge < -0.3 is 9.13 Å². The van der Waals surface area contributed by atoms with E-state index in [9.17, 15) is 10.1 Å². The molecule has 30 heavy (non-hydrogen) atoms. The zero-order valence-electron chi connectivity index (χ0n) is 15.9. The van der Waals surface area contributed by atoms with E-state index in [4.69, 9.17) is 0 Å². The SMILES string of the molecule is O=[N+]([O-])c1ccccc1N=c1scc(-c2cccc(Br)c2)n1CCCn1ccnc1. The Bertz CT molecular complexity index is 1230. The molecule has 0 aliphatic heterocycles. The third kappa shape index (κ3) is 4.58. The van der Waals surface area contributed by atoms with Gasteiger partial charge in [0.1, 0.15) is 5.69 Å². The van der Waals surface area contributed by atoms with E-state index in [1.807, 2.05) is 34.3 Å². The third-order valence-corrected chi connectivity index (χ3v) is 5.93. The lowest BCUT2D eigenvalue weighted by molar-refractivity contribution is -0.384. The first-order valence-corrected chi connectivity index (χ1v) is 11.0. The molecule has 0 saturated heterocycles. The van der Waals surface area contributed by atoms with E-state index in [1.165, 1.54) is 17.4 Å². The van der Waals surface area contributed by atoms with Crippen molar-refractivity contribution < 1.29 is 4.92 Å². The Morgan fingerprint density at radius 3 is 2.80 bits per heavy atom. The number of imidazole rings is 1. The number of rotatable bonds is 7. The zero-order valence-corrected chi connectivity index (χ0v) is 18.3. The molecular weight excluding hydrogens is 466 g/mol. The molecule has 4 rings (SSSR count). The number of hydrogen-bond acceptors (Lipinski definition) is 5. The summed E-state index contributed by atoms with van der Waals surface area (Å²) in [5.74, 6) is 0. The largest absolute Gasteiger partial charge is 0.337 e. The number of aryl methyl sites for hydroxylation is 1. The van der Waals surface area contributed by atoms with Crippen molar-refractivity contribution in [3.8, 4) is 11.3 Å². The fourth-order valence-corrected chi connectivity index (χ4v) is 4.51. The molecule has 0 aliphatic rings. The molecule has 0 spiro atoms. The smallest absolute Gasteiger partial charge is 0.294 e. The standard InChI is InChI=1S/C21H18BrN5O2S/c22-17-6-3-5-16(13-17)20-14-30-21(24-18-7-1-2-8-19(18)27(28)29)26(20)11-4-10-25-12-9-23-15-25/h1-3,5-9,12-15H,4,10-11H2. The summed E-state index contributed by atoms with van der Waals surface area (Å²) >= 11 is 5.01. The predicted molar refractivity (Wildman–Crippen MR) is 121 cm³/mol. The summed E-state index contributed by atoms with van der Waals surface area (Å²) in [6.45, 7) is 1.55. The maximum absolute atomic E-state index is 11.4. The van der Waals surface area contributed by atoms with Crippen LogP contribution >= 0.6 is 27.3 Å². The van der Waals surface area contributed by atoms with Gasteiger partial charge >= 0.3 is 0 Å². The fraction of sp³-hybridized carbons (Fsp3) is 0.143. The maximum Gasteiger partial charge on any atom is 0.294 e. The lowest BCUT2D eigenvalue weighted by Gasteiger charge is -2.10. The van der Waals surface area contributed by atoms with Crippen LogP contribution in [0.5, 0.6) is 0 Å². The first-order chi connectivity index (χ1) is 14.6. The summed E-state index contributed by atoms with van der Waals surface area (Å²) in [6.07, 6.45) is 6.37. The second-order valence-corrected chi connectivity index (χ2v) is 8.33. The summed E-state index contributed by atoms with van der Waals surface area (Å²) in [6, 6.07) is 14.6. The average molecular weight is 484 g/mol. The molecule has 0 bridgehead atoms. The Labute approximate surface area is 185 Å². The summed E-state index contributed by atoms with van der Waals surface area (Å²) < 4.78 is 5.15. The van der Waals surface area contributed by atoms with E-state index in [0.29, 0.717) is 5.69 Å². The monoisotopic (exact) mass is 483 g/mol. The molecule has 0 aliphatic carbocycles. The van der Waals surface area contributed by atoms with Gasteiger partial charge in [0.25, 0.3) is 5.69 Å². The Morgan fingerprint density at radius 1 is 1.17 bits per heavy atom. The van der Waals surface area contributed by atoms with Gasteiger partial charge in [-0.2, -0.15) is 0 Å². The summed E-state index contributed by atoms with van der Waals surface area (Å²) in [7, 11) is 0. The number of aromatic nitrogens is 3. The van der Waals surface area contributed by atoms with Gasteiger partial charge in [0.15, 0.2) is 4.80 Å². The van der Waals surface area contributed by atoms with Crippen LogP contribution in [0.4, 0.5) is 11.4 Å². The highest BCUT2D eigenvalue weighted by molar-refractivity contribution is 9.10. The van der Waals surface area contributed by atoms with Crippen LogP contribution in [0.1, 0.15) is 6.42 Å².